The molecular weight excluding hydrogens is 352 g/mol. The van der Waals surface area contributed by atoms with Gasteiger partial charge in [0.25, 0.3) is 0 Å². The molecule has 28 heavy (non-hydrogen) atoms. The molecular formula is C24H30O4. The lowest BCUT2D eigenvalue weighted by atomic mass is 9.68. The number of carbonyl (C=O) groups is 2. The summed E-state index contributed by atoms with van der Waals surface area (Å²) in [5.41, 5.74) is 2.59. The van der Waals surface area contributed by atoms with Crippen molar-refractivity contribution in [2.24, 2.45) is 0 Å². The predicted octanol–water partition coefficient (Wildman–Crippen LogP) is 5.49. The smallest absolute Gasteiger partial charge is 0.318 e. The van der Waals surface area contributed by atoms with Crippen molar-refractivity contribution in [1.82, 2.24) is 0 Å². The molecule has 2 rings (SSSR count). The summed E-state index contributed by atoms with van der Waals surface area (Å²) in [7, 11) is 0. The summed E-state index contributed by atoms with van der Waals surface area (Å²) < 4.78 is 0. The fourth-order valence-electron chi connectivity index (χ4n) is 4.05. The van der Waals surface area contributed by atoms with E-state index in [0.29, 0.717) is 12.8 Å². The highest BCUT2D eigenvalue weighted by Crippen LogP contribution is 2.41. The van der Waals surface area contributed by atoms with Gasteiger partial charge in [-0.15, -0.1) is 0 Å². The van der Waals surface area contributed by atoms with Gasteiger partial charge in [-0.25, -0.2) is 0 Å². The molecule has 0 spiro atoms. The number of unbranched alkanes of at least 4 members (excludes halogenated alkanes) is 4. The first-order valence-electron chi connectivity index (χ1n) is 9.97. The van der Waals surface area contributed by atoms with Gasteiger partial charge in [-0.1, -0.05) is 74.2 Å². The molecule has 0 saturated carbocycles. The highest BCUT2D eigenvalue weighted by atomic mass is 16.4. The van der Waals surface area contributed by atoms with Gasteiger partial charge < -0.3 is 10.2 Å². The average Bonchev–Trinajstić information content (AvgIpc) is 2.65. The normalized spacial score (nSPS) is 11.4. The highest BCUT2D eigenvalue weighted by Gasteiger charge is 2.43. The lowest BCUT2D eigenvalue weighted by molar-refractivity contribution is -0.142. The summed E-state index contributed by atoms with van der Waals surface area (Å²) in [5.74, 6) is -1.58. The van der Waals surface area contributed by atoms with Crippen LogP contribution in [0.3, 0.4) is 0 Å². The van der Waals surface area contributed by atoms with Crippen molar-refractivity contribution < 1.29 is 19.8 Å². The van der Waals surface area contributed by atoms with Crippen molar-refractivity contribution in [3.05, 3.63) is 70.8 Å². The van der Waals surface area contributed by atoms with Crippen molar-refractivity contribution in [3.63, 3.8) is 0 Å². The summed E-state index contributed by atoms with van der Waals surface area (Å²) in [6.07, 6.45) is 4.86. The molecule has 0 unspecified atom stereocenters. The summed E-state index contributed by atoms with van der Waals surface area (Å²) in [6.45, 7) is 3.94. The van der Waals surface area contributed by atoms with Gasteiger partial charge in [0.2, 0.25) is 0 Å². The van der Waals surface area contributed by atoms with E-state index >= 15 is 0 Å². The summed E-state index contributed by atoms with van der Waals surface area (Å²) in [6, 6.07) is 15.5. The fourth-order valence-corrected chi connectivity index (χ4v) is 4.05. The van der Waals surface area contributed by atoms with E-state index in [-0.39, 0.29) is 6.42 Å². The van der Waals surface area contributed by atoms with E-state index in [0.717, 1.165) is 47.9 Å². The molecule has 0 aliphatic heterocycles. The van der Waals surface area contributed by atoms with E-state index in [4.69, 9.17) is 5.11 Å². The van der Waals surface area contributed by atoms with Crippen molar-refractivity contribution >= 4 is 11.9 Å². The predicted molar refractivity (Wildman–Crippen MR) is 111 cm³/mol. The average molecular weight is 383 g/mol. The fraction of sp³-hybridized carbons (Fsp3) is 0.417. The lowest BCUT2D eigenvalue weighted by Crippen LogP contribution is -2.38. The minimum Gasteiger partial charge on any atom is -0.481 e. The molecule has 0 aliphatic carbocycles. The minimum absolute atomic E-state index is 0.200. The zero-order chi connectivity index (χ0) is 20.6. The molecule has 0 amide bonds. The van der Waals surface area contributed by atoms with Gasteiger partial charge in [0.05, 0.1) is 0 Å². The lowest BCUT2D eigenvalue weighted by Gasteiger charge is -2.33. The van der Waals surface area contributed by atoms with E-state index < -0.39 is 17.4 Å². The standard InChI is InChI=1S/C24H30O4/c1-18-12-7-9-14-20(18)24(23(27)28,21-15-10-8-13-19(21)2)17-11-5-3-4-6-16-22(25)26/h7-10,12-15H,3-6,11,16-17H2,1-2H3,(H,25,26)(H,27,28). The van der Waals surface area contributed by atoms with Crippen LogP contribution in [0.15, 0.2) is 48.5 Å². The molecule has 2 N–H and O–H groups in total. The topological polar surface area (TPSA) is 74.6 Å². The Morgan fingerprint density at radius 2 is 1.21 bits per heavy atom. The van der Waals surface area contributed by atoms with Gasteiger partial charge in [-0.05, 0) is 48.9 Å². The van der Waals surface area contributed by atoms with Crippen LogP contribution < -0.4 is 0 Å². The first kappa shape index (κ1) is 21.7. The first-order valence-corrected chi connectivity index (χ1v) is 9.97. The highest BCUT2D eigenvalue weighted by molar-refractivity contribution is 5.87. The molecule has 0 heterocycles. The Kier molecular flexibility index (Phi) is 7.80. The van der Waals surface area contributed by atoms with Crippen molar-refractivity contribution in [2.45, 2.75) is 64.2 Å². The number of hydrogen-bond acceptors (Lipinski definition) is 2. The van der Waals surface area contributed by atoms with Crippen LogP contribution in [0, 0.1) is 13.8 Å². The Bertz CT molecular complexity index is 764. The molecule has 4 heteroatoms. The second-order valence-corrected chi connectivity index (χ2v) is 7.50. The Morgan fingerprint density at radius 3 is 1.68 bits per heavy atom. The number of hydrogen-bond donors (Lipinski definition) is 2. The summed E-state index contributed by atoms with van der Waals surface area (Å²) >= 11 is 0. The van der Waals surface area contributed by atoms with Crippen LogP contribution in [0.4, 0.5) is 0 Å². The first-order chi connectivity index (χ1) is 13.4. The van der Waals surface area contributed by atoms with E-state index in [1.54, 1.807) is 0 Å². The van der Waals surface area contributed by atoms with Gasteiger partial charge in [0, 0.05) is 6.42 Å². The van der Waals surface area contributed by atoms with E-state index in [2.05, 4.69) is 0 Å². The Balaban J connectivity index is 2.27. The molecule has 2 aromatic carbocycles. The van der Waals surface area contributed by atoms with Crippen molar-refractivity contribution in [3.8, 4) is 0 Å². The second kappa shape index (κ2) is 10.1. The van der Waals surface area contributed by atoms with Crippen LogP contribution in [0.25, 0.3) is 0 Å². The molecule has 0 radical (unpaired) electrons. The summed E-state index contributed by atoms with van der Waals surface area (Å²) in [4.78, 5) is 23.3. The van der Waals surface area contributed by atoms with Crippen LogP contribution >= 0.6 is 0 Å². The van der Waals surface area contributed by atoms with Crippen molar-refractivity contribution in [1.29, 1.82) is 0 Å². The largest absolute Gasteiger partial charge is 0.481 e. The molecule has 0 bridgehead atoms. The molecule has 0 aromatic heterocycles. The maximum atomic E-state index is 12.7. The van der Waals surface area contributed by atoms with Gasteiger partial charge in [-0.2, -0.15) is 0 Å². The van der Waals surface area contributed by atoms with Gasteiger partial charge in [-0.3, -0.25) is 9.59 Å². The number of rotatable bonds is 11. The third-order valence-corrected chi connectivity index (χ3v) is 5.52. The van der Waals surface area contributed by atoms with Gasteiger partial charge in [0.1, 0.15) is 5.41 Å². The number of carboxylic acid groups (broad SMARTS) is 2. The van der Waals surface area contributed by atoms with Crippen LogP contribution in [0.1, 0.15) is 67.2 Å². The Morgan fingerprint density at radius 1 is 0.750 bits per heavy atom. The van der Waals surface area contributed by atoms with Crippen LogP contribution in [-0.2, 0) is 15.0 Å². The van der Waals surface area contributed by atoms with Crippen LogP contribution in [0.2, 0.25) is 0 Å². The van der Waals surface area contributed by atoms with E-state index in [9.17, 15) is 14.7 Å². The second-order valence-electron chi connectivity index (χ2n) is 7.50. The number of aryl methyl sites for hydroxylation is 2. The van der Waals surface area contributed by atoms with Gasteiger partial charge >= 0.3 is 11.9 Å². The molecule has 0 saturated heterocycles. The molecule has 0 atom stereocenters. The number of carboxylic acids is 2. The monoisotopic (exact) mass is 382 g/mol. The van der Waals surface area contributed by atoms with Crippen LogP contribution in [-0.4, -0.2) is 22.2 Å². The maximum Gasteiger partial charge on any atom is 0.318 e. The quantitative estimate of drug-likeness (QED) is 0.504. The zero-order valence-corrected chi connectivity index (χ0v) is 16.8. The molecule has 0 aliphatic rings. The minimum atomic E-state index is -1.07. The third-order valence-electron chi connectivity index (χ3n) is 5.52. The van der Waals surface area contributed by atoms with E-state index in [1.165, 1.54) is 0 Å². The SMILES string of the molecule is Cc1ccccc1C(CCCCCCCC(=O)O)(C(=O)O)c1ccccc1C. The van der Waals surface area contributed by atoms with Crippen molar-refractivity contribution in [2.75, 3.05) is 0 Å². The summed E-state index contributed by atoms with van der Waals surface area (Å²) in [5, 5.41) is 19.1. The van der Waals surface area contributed by atoms with Gasteiger partial charge in [0.15, 0.2) is 0 Å². The molecule has 150 valence electrons. The Hall–Kier alpha value is -2.62. The number of benzene rings is 2. The van der Waals surface area contributed by atoms with Crippen LogP contribution in [0.5, 0.6) is 0 Å². The number of aliphatic carboxylic acids is 2. The molecule has 0 fully saturated rings. The maximum absolute atomic E-state index is 12.7. The Labute approximate surface area is 167 Å². The third kappa shape index (κ3) is 5.00. The van der Waals surface area contributed by atoms with E-state index in [1.807, 2.05) is 62.4 Å². The zero-order valence-electron chi connectivity index (χ0n) is 16.8. The molecule has 4 nitrogen and oxygen atoms in total. The molecule has 2 aromatic rings.